The van der Waals surface area contributed by atoms with E-state index < -0.39 is 17.0 Å². The second-order valence-electron chi connectivity index (χ2n) is 8.86. The van der Waals surface area contributed by atoms with E-state index in [1.807, 2.05) is 41.5 Å². The minimum atomic E-state index is -1.22. The molecule has 0 N–H and O–H groups in total. The zero-order chi connectivity index (χ0) is 18.1. The second kappa shape index (κ2) is 7.01. The molecule has 2 atom stereocenters. The van der Waals surface area contributed by atoms with Gasteiger partial charge in [-0.05, 0) is 74.1 Å². The second-order valence-corrected chi connectivity index (χ2v) is 10.8. The van der Waals surface area contributed by atoms with Crippen LogP contribution in [0.15, 0.2) is 4.40 Å². The normalized spacial score (nSPS) is 23.3. The lowest BCUT2D eigenvalue weighted by Gasteiger charge is -2.33. The summed E-state index contributed by atoms with van der Waals surface area (Å²) in [5, 5.41) is 0. The molecule has 0 radical (unpaired) electrons. The molecule has 1 fully saturated rings. The molecule has 0 aromatic heterocycles. The van der Waals surface area contributed by atoms with Crippen LogP contribution in [0.25, 0.3) is 0 Å². The predicted molar refractivity (Wildman–Crippen MR) is 96.1 cm³/mol. The number of amides is 1. The maximum Gasteiger partial charge on any atom is 0.410 e. The van der Waals surface area contributed by atoms with Gasteiger partial charge < -0.3 is 14.2 Å². The van der Waals surface area contributed by atoms with Crippen LogP contribution in [0.3, 0.4) is 0 Å². The molecule has 6 heteroatoms. The average Bonchev–Trinajstić information content (AvgIpc) is 2.60. The van der Waals surface area contributed by atoms with Crippen LogP contribution in [0, 0.1) is 5.92 Å². The third kappa shape index (κ3) is 6.34. The van der Waals surface area contributed by atoms with Crippen LogP contribution in [0.5, 0.6) is 0 Å². The van der Waals surface area contributed by atoms with E-state index in [-0.39, 0.29) is 16.4 Å². The summed E-state index contributed by atoms with van der Waals surface area (Å²) in [6.45, 7) is 16.1. The molecule has 0 aliphatic carbocycles. The van der Waals surface area contributed by atoms with E-state index in [4.69, 9.17) is 4.74 Å². The van der Waals surface area contributed by atoms with Crippen molar-refractivity contribution in [2.45, 2.75) is 84.1 Å². The zero-order valence-corrected chi connectivity index (χ0v) is 16.6. The highest BCUT2D eigenvalue weighted by atomic mass is 32.2. The third-order valence-electron chi connectivity index (χ3n) is 3.71. The van der Waals surface area contributed by atoms with Gasteiger partial charge in [0.1, 0.15) is 21.7 Å². The number of ether oxygens (including phenoxy) is 1. The first kappa shape index (κ1) is 20.3. The zero-order valence-electron chi connectivity index (χ0n) is 15.8. The minimum absolute atomic E-state index is 0.232. The van der Waals surface area contributed by atoms with Gasteiger partial charge in [0.25, 0.3) is 0 Å². The van der Waals surface area contributed by atoms with Crippen LogP contribution in [0.2, 0.25) is 0 Å². The Morgan fingerprint density at radius 2 is 1.91 bits per heavy atom. The molecular weight excluding hydrogens is 312 g/mol. The monoisotopic (exact) mass is 344 g/mol. The van der Waals surface area contributed by atoms with Crippen molar-refractivity contribution < 1.29 is 14.1 Å². The third-order valence-corrected chi connectivity index (χ3v) is 5.09. The van der Waals surface area contributed by atoms with Crippen molar-refractivity contribution in [3.63, 3.8) is 0 Å². The van der Waals surface area contributed by atoms with Gasteiger partial charge >= 0.3 is 6.09 Å². The summed E-state index contributed by atoms with van der Waals surface area (Å²) < 4.78 is 21.2. The van der Waals surface area contributed by atoms with Crippen molar-refractivity contribution in [3.8, 4) is 0 Å². The Hall–Kier alpha value is -0.750. The van der Waals surface area contributed by atoms with Gasteiger partial charge in [-0.1, -0.05) is 4.40 Å². The van der Waals surface area contributed by atoms with Gasteiger partial charge in [-0.25, -0.2) is 4.79 Å². The minimum Gasteiger partial charge on any atom is -0.591 e. The molecule has 134 valence electrons. The van der Waals surface area contributed by atoms with Crippen LogP contribution in [0.1, 0.15) is 68.2 Å². The average molecular weight is 345 g/mol. The summed E-state index contributed by atoms with van der Waals surface area (Å²) in [5.41, 5.74) is -0.722. The Morgan fingerprint density at radius 1 is 1.35 bits per heavy atom. The van der Waals surface area contributed by atoms with Gasteiger partial charge in [-0.2, -0.15) is 0 Å². The summed E-state index contributed by atoms with van der Waals surface area (Å²) in [7, 11) is 0. The molecule has 0 aromatic carbocycles. The fourth-order valence-corrected chi connectivity index (χ4v) is 3.14. The topological polar surface area (TPSA) is 65.0 Å². The fourth-order valence-electron chi connectivity index (χ4n) is 2.60. The first-order chi connectivity index (χ1) is 10.2. The highest BCUT2D eigenvalue weighted by Crippen LogP contribution is 2.35. The van der Waals surface area contributed by atoms with E-state index in [0.717, 1.165) is 12.8 Å². The summed E-state index contributed by atoms with van der Waals surface area (Å²) in [5.74, 6) is 0.318. The molecule has 1 aliphatic heterocycles. The van der Waals surface area contributed by atoms with Gasteiger partial charge in [0.15, 0.2) is 0 Å². The molecule has 0 aromatic rings. The molecule has 1 heterocycles. The van der Waals surface area contributed by atoms with Crippen LogP contribution >= 0.6 is 0 Å². The van der Waals surface area contributed by atoms with E-state index in [0.29, 0.717) is 12.5 Å². The quantitative estimate of drug-likeness (QED) is 0.575. The Bertz CT molecular complexity index is 450. The summed E-state index contributed by atoms with van der Waals surface area (Å²) >= 11 is -1.22. The highest BCUT2D eigenvalue weighted by molar-refractivity contribution is 7.91. The van der Waals surface area contributed by atoms with Gasteiger partial charge in [0.05, 0.1) is 6.21 Å². The SMILES string of the molecule is CC(C)(C)OC(=O)N1CC(CC=N[S+]([O-])C(C)(C)C)CC1(C)C. The molecule has 0 saturated carbocycles. The van der Waals surface area contributed by atoms with Crippen molar-refractivity contribution in [1.82, 2.24) is 4.90 Å². The number of hydrogen-bond donors (Lipinski definition) is 0. The lowest BCUT2D eigenvalue weighted by Crippen LogP contribution is -2.45. The molecule has 2 unspecified atom stereocenters. The Labute approximate surface area is 144 Å². The van der Waals surface area contributed by atoms with Crippen molar-refractivity contribution in [3.05, 3.63) is 0 Å². The van der Waals surface area contributed by atoms with Crippen LogP contribution in [0.4, 0.5) is 4.79 Å². The molecule has 23 heavy (non-hydrogen) atoms. The van der Waals surface area contributed by atoms with Gasteiger partial charge in [0.2, 0.25) is 0 Å². The molecule has 0 bridgehead atoms. The van der Waals surface area contributed by atoms with Gasteiger partial charge in [-0.3, -0.25) is 0 Å². The smallest absolute Gasteiger partial charge is 0.410 e. The van der Waals surface area contributed by atoms with Crippen LogP contribution in [-0.2, 0) is 16.1 Å². The Kier molecular flexibility index (Phi) is 6.19. The highest BCUT2D eigenvalue weighted by Gasteiger charge is 2.42. The van der Waals surface area contributed by atoms with Crippen molar-refractivity contribution >= 4 is 23.7 Å². The molecule has 0 spiro atoms. The van der Waals surface area contributed by atoms with E-state index in [1.54, 1.807) is 11.1 Å². The van der Waals surface area contributed by atoms with Crippen molar-refractivity contribution in [2.75, 3.05) is 6.54 Å². The van der Waals surface area contributed by atoms with Crippen molar-refractivity contribution in [1.29, 1.82) is 0 Å². The van der Waals surface area contributed by atoms with Gasteiger partial charge in [0, 0.05) is 12.1 Å². The maximum atomic E-state index is 12.4. The number of rotatable bonds is 3. The predicted octanol–water partition coefficient (Wildman–Crippen LogP) is 3.95. The van der Waals surface area contributed by atoms with Gasteiger partial charge in [-0.15, -0.1) is 0 Å². The van der Waals surface area contributed by atoms with Crippen LogP contribution < -0.4 is 0 Å². The molecule has 1 amide bonds. The molecule has 5 nitrogen and oxygen atoms in total. The molecule has 1 rings (SSSR count). The molecule has 1 aliphatic rings. The van der Waals surface area contributed by atoms with E-state index >= 15 is 0 Å². The lowest BCUT2D eigenvalue weighted by molar-refractivity contribution is 0.0131. The number of nitrogens with zero attached hydrogens (tertiary/aromatic N) is 2. The number of hydrogen-bond acceptors (Lipinski definition) is 4. The number of carbonyl (C=O) groups excluding carboxylic acids is 1. The first-order valence-electron chi connectivity index (χ1n) is 8.17. The van der Waals surface area contributed by atoms with E-state index in [2.05, 4.69) is 18.2 Å². The summed E-state index contributed by atoms with van der Waals surface area (Å²) in [6, 6.07) is 0. The maximum absolute atomic E-state index is 12.4. The molecule has 1 saturated heterocycles. The Morgan fingerprint density at radius 3 is 2.39 bits per heavy atom. The van der Waals surface area contributed by atoms with Crippen LogP contribution in [-0.4, -0.2) is 44.2 Å². The van der Waals surface area contributed by atoms with Crippen molar-refractivity contribution in [2.24, 2.45) is 10.3 Å². The fraction of sp³-hybridized carbons (Fsp3) is 0.882. The largest absolute Gasteiger partial charge is 0.591 e. The lowest BCUT2D eigenvalue weighted by atomic mass is 9.95. The van der Waals surface area contributed by atoms with E-state index in [1.165, 1.54) is 0 Å². The molecular formula is C17H32N2O3S. The number of carbonyl (C=O) groups is 1. The first-order valence-corrected chi connectivity index (χ1v) is 9.28. The Balaban J connectivity index is 2.63. The van der Waals surface area contributed by atoms with E-state index in [9.17, 15) is 9.35 Å². The summed E-state index contributed by atoms with van der Waals surface area (Å²) in [4.78, 5) is 14.2. The standard InChI is InChI=1S/C17H32N2O3S/c1-15(2,3)22-14(20)19-12-13(11-17(19,7)8)9-10-18-23(21)16(4,5)6/h10,13H,9,11-12H2,1-8H3. The number of likely N-dealkylation sites (tertiary alicyclic amines) is 1. The summed E-state index contributed by atoms with van der Waals surface area (Å²) in [6.07, 6.45) is 3.10.